The summed E-state index contributed by atoms with van der Waals surface area (Å²) in [5.74, 6) is 0. The van der Waals surface area contributed by atoms with Crippen LogP contribution in [0.2, 0.25) is 0 Å². The number of hydrogen-bond acceptors (Lipinski definition) is 10. The van der Waals surface area contributed by atoms with Gasteiger partial charge in [0.25, 0.3) is 0 Å². The van der Waals surface area contributed by atoms with Crippen LogP contribution in [0.1, 0.15) is 71.1 Å². The first-order valence-corrected chi connectivity index (χ1v) is 10.4. The van der Waals surface area contributed by atoms with Crippen molar-refractivity contribution in [3.8, 4) is 0 Å². The van der Waals surface area contributed by atoms with E-state index in [4.69, 9.17) is 0 Å². The van der Waals surface area contributed by atoms with Crippen molar-refractivity contribution < 1.29 is 34.9 Å². The van der Waals surface area contributed by atoms with E-state index < -0.39 is 64.0 Å². The molecule has 0 aromatic carbocycles. The molecule has 0 bridgehead atoms. The topological polar surface area (TPSA) is 207 Å². The van der Waals surface area contributed by atoms with Gasteiger partial charge in [-0.2, -0.15) is 0 Å². The zero-order valence-electron chi connectivity index (χ0n) is 17.6. The van der Waals surface area contributed by atoms with Crippen molar-refractivity contribution in [3.05, 3.63) is 30.3 Å². The van der Waals surface area contributed by atoms with E-state index in [0.717, 1.165) is 6.42 Å². The van der Waals surface area contributed by atoms with Gasteiger partial charge in [-0.05, 0) is 19.3 Å². The van der Waals surface area contributed by atoms with Crippen LogP contribution in [0.4, 0.5) is 0 Å². The molecule has 0 fully saturated rings. The zero-order chi connectivity index (χ0) is 24.0. The highest BCUT2D eigenvalue weighted by atomic mass is 16.6. The first kappa shape index (κ1) is 28.8. The molecule has 0 aliphatic heterocycles. The molecule has 0 spiro atoms. The van der Waals surface area contributed by atoms with Crippen LogP contribution in [0.3, 0.4) is 0 Å². The summed E-state index contributed by atoms with van der Waals surface area (Å²) in [4.78, 5) is 41.6. The van der Waals surface area contributed by atoms with Gasteiger partial charge < -0.3 is 15.3 Å². The molecule has 6 unspecified atom stereocenters. The molecule has 0 saturated carbocycles. The van der Waals surface area contributed by atoms with Gasteiger partial charge in [0.2, 0.25) is 18.1 Å². The minimum absolute atomic E-state index is 0.0437. The molecule has 0 heterocycles. The minimum atomic E-state index is -1.85. The van der Waals surface area contributed by atoms with Crippen LogP contribution >= 0.6 is 0 Å². The van der Waals surface area contributed by atoms with Gasteiger partial charge in [0.05, 0.1) is 6.42 Å². The fraction of sp³-hybridized carbons (Fsp3) is 0.944. The average molecular weight is 450 g/mol. The molecule has 0 aliphatic carbocycles. The van der Waals surface area contributed by atoms with E-state index in [2.05, 4.69) is 0 Å². The summed E-state index contributed by atoms with van der Waals surface area (Å²) in [6.07, 6.45) is -2.53. The Bertz CT molecular complexity index is 577. The number of hydrogen-bond donors (Lipinski definition) is 3. The molecule has 0 rings (SSSR count). The number of carbonyl (C=O) groups excluding carboxylic acids is 1. The lowest BCUT2D eigenvalue weighted by molar-refractivity contribution is -0.556. The predicted octanol–water partition coefficient (Wildman–Crippen LogP) is 1.04. The Morgan fingerprint density at radius 2 is 1.13 bits per heavy atom. The van der Waals surface area contributed by atoms with Crippen LogP contribution in [0.5, 0.6) is 0 Å². The third-order valence-corrected chi connectivity index (χ3v) is 5.24. The van der Waals surface area contributed by atoms with Crippen LogP contribution in [-0.2, 0) is 4.79 Å². The third kappa shape index (κ3) is 11.1. The molecule has 0 aromatic rings. The Morgan fingerprint density at radius 3 is 1.55 bits per heavy atom. The molecular formula is C18H32N3O10. The van der Waals surface area contributed by atoms with Crippen molar-refractivity contribution in [1.29, 1.82) is 0 Å². The second kappa shape index (κ2) is 15.5. The maximum atomic E-state index is 11.4. The van der Waals surface area contributed by atoms with E-state index in [1.165, 1.54) is 0 Å². The molecule has 1 radical (unpaired) electrons. The van der Waals surface area contributed by atoms with Gasteiger partial charge in [0.1, 0.15) is 18.3 Å². The first-order valence-electron chi connectivity index (χ1n) is 10.4. The lowest BCUT2D eigenvalue weighted by atomic mass is 9.92. The second-order valence-corrected chi connectivity index (χ2v) is 7.62. The summed E-state index contributed by atoms with van der Waals surface area (Å²) in [5.41, 5.74) is 0. The normalized spacial score (nSPS) is 17.2. The molecule has 0 aromatic heterocycles. The molecule has 13 heteroatoms. The molecular weight excluding hydrogens is 418 g/mol. The molecule has 6 atom stereocenters. The summed E-state index contributed by atoms with van der Waals surface area (Å²) in [6.45, 7) is 1.90. The molecule has 0 saturated heterocycles. The van der Waals surface area contributed by atoms with Gasteiger partial charge in [-0.3, -0.25) is 35.1 Å². The van der Waals surface area contributed by atoms with E-state index in [0.29, 0.717) is 19.3 Å². The van der Waals surface area contributed by atoms with Crippen molar-refractivity contribution in [3.63, 3.8) is 0 Å². The quantitative estimate of drug-likeness (QED) is 0.145. The Kier molecular flexibility index (Phi) is 14.4. The maximum absolute atomic E-state index is 11.4. The predicted molar refractivity (Wildman–Crippen MR) is 108 cm³/mol. The molecule has 179 valence electrons. The summed E-state index contributed by atoms with van der Waals surface area (Å²) in [7, 11) is 0. The smallest absolute Gasteiger partial charge is 0.241 e. The van der Waals surface area contributed by atoms with Gasteiger partial charge in [0.15, 0.2) is 6.29 Å². The van der Waals surface area contributed by atoms with Gasteiger partial charge in [-0.25, -0.2) is 0 Å². The maximum Gasteiger partial charge on any atom is 0.241 e. The number of nitrogens with zero attached hydrogens (tertiary/aromatic N) is 3. The number of aliphatic hydroxyl groups is 3. The van der Waals surface area contributed by atoms with Crippen molar-refractivity contribution in [1.82, 2.24) is 0 Å². The zero-order valence-corrected chi connectivity index (χ0v) is 17.6. The largest absolute Gasteiger partial charge is 0.386 e. The van der Waals surface area contributed by atoms with Gasteiger partial charge in [-0.1, -0.05) is 19.8 Å². The average Bonchev–Trinajstić information content (AvgIpc) is 2.68. The Labute approximate surface area is 179 Å². The van der Waals surface area contributed by atoms with Crippen LogP contribution in [0.25, 0.3) is 0 Å². The molecule has 0 amide bonds. The number of unbranched alkanes of at least 4 members (excludes halogenated alkanes) is 4. The summed E-state index contributed by atoms with van der Waals surface area (Å²) < 4.78 is 0. The molecule has 3 N–H and O–H groups in total. The molecule has 13 nitrogen and oxygen atoms in total. The van der Waals surface area contributed by atoms with Crippen molar-refractivity contribution in [2.24, 2.45) is 0 Å². The fourth-order valence-electron chi connectivity index (χ4n) is 3.38. The van der Waals surface area contributed by atoms with Crippen molar-refractivity contribution in [2.75, 3.05) is 0 Å². The Hall–Kier alpha value is -2.25. The van der Waals surface area contributed by atoms with E-state index in [1.54, 1.807) is 6.29 Å². The van der Waals surface area contributed by atoms with E-state index in [-0.39, 0.29) is 25.7 Å². The van der Waals surface area contributed by atoms with Crippen LogP contribution in [-0.4, -0.2) is 72.8 Å². The highest BCUT2D eigenvalue weighted by molar-refractivity contribution is 5.50. The van der Waals surface area contributed by atoms with E-state index in [9.17, 15) is 50.5 Å². The summed E-state index contributed by atoms with van der Waals surface area (Å²) >= 11 is 0. The van der Waals surface area contributed by atoms with Crippen LogP contribution in [0.15, 0.2) is 0 Å². The van der Waals surface area contributed by atoms with E-state index in [1.807, 2.05) is 6.92 Å². The van der Waals surface area contributed by atoms with Crippen LogP contribution < -0.4 is 0 Å². The highest BCUT2D eigenvalue weighted by Gasteiger charge is 2.41. The van der Waals surface area contributed by atoms with Gasteiger partial charge in [-0.15, -0.1) is 0 Å². The van der Waals surface area contributed by atoms with Gasteiger partial charge in [0, 0.05) is 40.5 Å². The lowest BCUT2D eigenvalue weighted by Crippen LogP contribution is -2.45. The number of nitro groups is 3. The van der Waals surface area contributed by atoms with Crippen molar-refractivity contribution >= 4 is 6.29 Å². The first-order chi connectivity index (χ1) is 14.6. The van der Waals surface area contributed by atoms with Crippen molar-refractivity contribution in [2.45, 2.75) is 108 Å². The third-order valence-electron chi connectivity index (χ3n) is 5.24. The monoisotopic (exact) mass is 450 g/mol. The summed E-state index contributed by atoms with van der Waals surface area (Å²) in [6, 6.07) is -4.79. The SMILES string of the molecule is CCCCCC(C(O)CC(O)C(CC(O)C(CCCC[C]=O)[N+](=O)[O-])[N+](=O)[O-])[N+](=O)[O-]. The standard InChI is InChI=1S/C18H32N3O10/c1-2-3-5-8-14(20(28)29)17(24)12-18(25)15(21(30)31)11-16(23)13(19(26)27)9-6-4-7-10-22/h13-18,23-25H,2-9,11-12H2,1H3. The molecule has 31 heavy (non-hydrogen) atoms. The lowest BCUT2D eigenvalue weighted by Gasteiger charge is -2.23. The summed E-state index contributed by atoms with van der Waals surface area (Å²) in [5, 5.41) is 64.3. The van der Waals surface area contributed by atoms with Gasteiger partial charge >= 0.3 is 0 Å². The number of aliphatic hydroxyl groups excluding tert-OH is 3. The van der Waals surface area contributed by atoms with Crippen LogP contribution in [0, 0.1) is 30.3 Å². The van der Waals surface area contributed by atoms with E-state index >= 15 is 0 Å². The Morgan fingerprint density at radius 1 is 0.710 bits per heavy atom. The minimum Gasteiger partial charge on any atom is -0.386 e. The Balaban J connectivity index is 5.09. The fourth-order valence-corrected chi connectivity index (χ4v) is 3.38. The highest BCUT2D eigenvalue weighted by Crippen LogP contribution is 2.21. The second-order valence-electron chi connectivity index (χ2n) is 7.62. The molecule has 0 aliphatic rings. The number of rotatable bonds is 19.